The molecule has 0 radical (unpaired) electrons. The Labute approximate surface area is 125 Å². The van der Waals surface area contributed by atoms with E-state index in [1.54, 1.807) is 29.0 Å². The van der Waals surface area contributed by atoms with Crippen LogP contribution in [-0.4, -0.2) is 14.5 Å². The van der Waals surface area contributed by atoms with Gasteiger partial charge in [0.25, 0.3) is 0 Å². The van der Waals surface area contributed by atoms with Gasteiger partial charge in [0, 0.05) is 11.2 Å². The van der Waals surface area contributed by atoms with Gasteiger partial charge in [-0.05, 0) is 49.0 Å². The first-order valence-corrected chi connectivity index (χ1v) is 6.67. The first kappa shape index (κ1) is 12.9. The van der Waals surface area contributed by atoms with Gasteiger partial charge in [-0.3, -0.25) is 4.57 Å². The minimum absolute atomic E-state index is 0.487. The van der Waals surface area contributed by atoms with Crippen LogP contribution in [0, 0.1) is 23.0 Å². The zero-order chi connectivity index (χ0) is 14.3. The maximum atomic E-state index is 9.25. The zero-order valence-electron chi connectivity index (χ0n) is 10.5. The molecule has 6 heteroatoms. The lowest BCUT2D eigenvalue weighted by molar-refractivity contribution is 1.04. The standard InChI is InChI=1S/C14H9ClN4S/c1-8-4-5-17-13-12(8)18-14(20)19(13)11-6-10(15)3-2-9(11)7-16/h2-6H,1H3,(H,18,20). The number of nitriles is 1. The number of hydrogen-bond donors (Lipinski definition) is 1. The predicted molar refractivity (Wildman–Crippen MR) is 80.7 cm³/mol. The van der Waals surface area contributed by atoms with Gasteiger partial charge in [-0.1, -0.05) is 11.6 Å². The molecule has 0 bridgehead atoms. The second-order valence-electron chi connectivity index (χ2n) is 4.37. The van der Waals surface area contributed by atoms with E-state index in [0.717, 1.165) is 11.1 Å². The lowest BCUT2D eigenvalue weighted by atomic mass is 10.2. The third-order valence-electron chi connectivity index (χ3n) is 3.11. The van der Waals surface area contributed by atoms with Crippen molar-refractivity contribution in [3.8, 4) is 11.8 Å². The molecule has 0 saturated heterocycles. The van der Waals surface area contributed by atoms with E-state index < -0.39 is 0 Å². The average molecular weight is 301 g/mol. The number of H-pyrrole nitrogens is 1. The van der Waals surface area contributed by atoms with Crippen molar-refractivity contribution < 1.29 is 0 Å². The number of aromatic nitrogens is 3. The maximum absolute atomic E-state index is 9.25. The normalized spacial score (nSPS) is 10.7. The SMILES string of the molecule is Cc1ccnc2c1[nH]c(=S)n2-c1cc(Cl)ccc1C#N. The number of pyridine rings is 1. The van der Waals surface area contributed by atoms with Gasteiger partial charge in [0.15, 0.2) is 10.4 Å². The van der Waals surface area contributed by atoms with Gasteiger partial charge in [0.2, 0.25) is 0 Å². The molecule has 0 fully saturated rings. The van der Waals surface area contributed by atoms with Crippen LogP contribution in [0.3, 0.4) is 0 Å². The molecule has 0 spiro atoms. The number of benzene rings is 1. The Balaban J connectivity index is 2.45. The molecule has 4 nitrogen and oxygen atoms in total. The van der Waals surface area contributed by atoms with E-state index in [1.165, 1.54) is 0 Å². The number of aryl methyl sites for hydroxylation is 1. The van der Waals surface area contributed by atoms with E-state index in [9.17, 15) is 5.26 Å². The Morgan fingerprint density at radius 2 is 2.20 bits per heavy atom. The molecule has 0 aliphatic carbocycles. The van der Waals surface area contributed by atoms with Crippen molar-refractivity contribution >= 4 is 35.0 Å². The molecule has 0 aliphatic rings. The molecule has 3 rings (SSSR count). The second kappa shape index (κ2) is 4.75. The number of aromatic amines is 1. The number of fused-ring (bicyclic) bond motifs is 1. The molecule has 0 amide bonds. The minimum Gasteiger partial charge on any atom is -0.329 e. The highest BCUT2D eigenvalue weighted by molar-refractivity contribution is 7.71. The van der Waals surface area contributed by atoms with Crippen LogP contribution in [-0.2, 0) is 0 Å². The summed E-state index contributed by atoms with van der Waals surface area (Å²) in [5, 5.41) is 9.80. The number of nitrogens with zero attached hydrogens (tertiary/aromatic N) is 3. The number of halogens is 1. The molecular formula is C14H9ClN4S. The van der Waals surface area contributed by atoms with Gasteiger partial charge in [-0.15, -0.1) is 0 Å². The molecule has 1 N–H and O–H groups in total. The summed E-state index contributed by atoms with van der Waals surface area (Å²) in [6.07, 6.45) is 1.72. The number of imidazole rings is 1. The smallest absolute Gasteiger partial charge is 0.184 e. The van der Waals surface area contributed by atoms with Crippen LogP contribution >= 0.6 is 23.8 Å². The van der Waals surface area contributed by atoms with Gasteiger partial charge in [-0.2, -0.15) is 5.26 Å². The average Bonchev–Trinajstić information content (AvgIpc) is 2.76. The van der Waals surface area contributed by atoms with Crippen molar-refractivity contribution in [1.29, 1.82) is 5.26 Å². The number of hydrogen-bond acceptors (Lipinski definition) is 3. The third kappa shape index (κ3) is 1.90. The van der Waals surface area contributed by atoms with Crippen molar-refractivity contribution in [2.24, 2.45) is 0 Å². The lowest BCUT2D eigenvalue weighted by Crippen LogP contribution is -1.99. The fourth-order valence-electron chi connectivity index (χ4n) is 2.13. The number of nitrogens with one attached hydrogen (secondary N) is 1. The monoisotopic (exact) mass is 300 g/mol. The van der Waals surface area contributed by atoms with Crippen molar-refractivity contribution in [2.75, 3.05) is 0 Å². The largest absolute Gasteiger partial charge is 0.329 e. The molecule has 2 heterocycles. The van der Waals surface area contributed by atoms with Crippen LogP contribution in [0.1, 0.15) is 11.1 Å². The van der Waals surface area contributed by atoms with Crippen LogP contribution in [0.15, 0.2) is 30.5 Å². The first-order chi connectivity index (χ1) is 9.61. The van der Waals surface area contributed by atoms with Crippen LogP contribution in [0.2, 0.25) is 5.02 Å². The van der Waals surface area contributed by atoms with E-state index >= 15 is 0 Å². The zero-order valence-corrected chi connectivity index (χ0v) is 12.1. The summed E-state index contributed by atoms with van der Waals surface area (Å²) in [5.74, 6) is 0. The Morgan fingerprint density at radius 3 is 2.95 bits per heavy atom. The third-order valence-corrected chi connectivity index (χ3v) is 3.63. The molecule has 2 aromatic heterocycles. The number of rotatable bonds is 1. The summed E-state index contributed by atoms with van der Waals surface area (Å²) < 4.78 is 2.22. The molecule has 3 aromatic rings. The quantitative estimate of drug-likeness (QED) is 0.693. The molecule has 0 saturated carbocycles. The van der Waals surface area contributed by atoms with Crippen LogP contribution in [0.25, 0.3) is 16.9 Å². The Kier molecular flexibility index (Phi) is 3.05. The van der Waals surface area contributed by atoms with E-state index in [2.05, 4.69) is 16.0 Å². The van der Waals surface area contributed by atoms with Gasteiger partial charge >= 0.3 is 0 Å². The van der Waals surface area contributed by atoms with Crippen LogP contribution < -0.4 is 0 Å². The Hall–Kier alpha value is -2.16. The van der Waals surface area contributed by atoms with Crippen molar-refractivity contribution in [1.82, 2.24) is 14.5 Å². The molecule has 0 unspecified atom stereocenters. The highest BCUT2D eigenvalue weighted by atomic mass is 35.5. The second-order valence-corrected chi connectivity index (χ2v) is 5.19. The molecular weight excluding hydrogens is 292 g/mol. The van der Waals surface area contributed by atoms with Crippen molar-refractivity contribution in [2.45, 2.75) is 6.92 Å². The van der Waals surface area contributed by atoms with Crippen LogP contribution in [0.5, 0.6) is 0 Å². The topological polar surface area (TPSA) is 57.4 Å². The highest BCUT2D eigenvalue weighted by Gasteiger charge is 2.13. The van der Waals surface area contributed by atoms with E-state index in [0.29, 0.717) is 26.7 Å². The maximum Gasteiger partial charge on any atom is 0.184 e. The Morgan fingerprint density at radius 1 is 1.40 bits per heavy atom. The van der Waals surface area contributed by atoms with E-state index in [-0.39, 0.29) is 0 Å². The lowest BCUT2D eigenvalue weighted by Gasteiger charge is -2.07. The summed E-state index contributed by atoms with van der Waals surface area (Å²) in [4.78, 5) is 7.48. The summed E-state index contributed by atoms with van der Waals surface area (Å²) >= 11 is 11.4. The van der Waals surface area contributed by atoms with Crippen molar-refractivity contribution in [3.63, 3.8) is 0 Å². The molecule has 0 atom stereocenters. The molecule has 0 aliphatic heterocycles. The fraction of sp³-hybridized carbons (Fsp3) is 0.0714. The van der Waals surface area contributed by atoms with Gasteiger partial charge in [0.05, 0.1) is 16.8 Å². The summed E-state index contributed by atoms with van der Waals surface area (Å²) in [5.41, 5.74) is 3.72. The van der Waals surface area contributed by atoms with E-state index in [1.807, 2.05) is 13.0 Å². The molecule has 1 aromatic carbocycles. The molecule has 20 heavy (non-hydrogen) atoms. The van der Waals surface area contributed by atoms with E-state index in [4.69, 9.17) is 23.8 Å². The summed E-state index contributed by atoms with van der Waals surface area (Å²) in [6.45, 7) is 1.98. The Bertz CT molecular complexity index is 917. The van der Waals surface area contributed by atoms with Crippen LogP contribution in [0.4, 0.5) is 0 Å². The first-order valence-electron chi connectivity index (χ1n) is 5.88. The summed E-state index contributed by atoms with van der Waals surface area (Å²) in [6, 6.07) is 9.13. The van der Waals surface area contributed by atoms with Crippen molar-refractivity contribution in [3.05, 3.63) is 51.4 Å². The predicted octanol–water partition coefficient (Wildman–Crippen LogP) is 3.92. The van der Waals surface area contributed by atoms with Gasteiger partial charge < -0.3 is 4.98 Å². The summed E-state index contributed by atoms with van der Waals surface area (Å²) in [7, 11) is 0. The minimum atomic E-state index is 0.487. The van der Waals surface area contributed by atoms with Gasteiger partial charge in [0.1, 0.15) is 6.07 Å². The van der Waals surface area contributed by atoms with Gasteiger partial charge in [-0.25, -0.2) is 4.98 Å². The fourth-order valence-corrected chi connectivity index (χ4v) is 2.59. The highest BCUT2D eigenvalue weighted by Crippen LogP contribution is 2.24. The molecule has 98 valence electrons.